The maximum absolute atomic E-state index is 12.6. The molecule has 1 aliphatic heterocycles. The van der Waals surface area contributed by atoms with Crippen LogP contribution in [0.4, 0.5) is 0 Å². The number of piperidine rings is 1. The van der Waals surface area contributed by atoms with Gasteiger partial charge in [-0.25, -0.2) is 0 Å². The first-order valence-corrected chi connectivity index (χ1v) is 6.97. The van der Waals surface area contributed by atoms with Gasteiger partial charge in [0.2, 0.25) is 5.91 Å². The zero-order chi connectivity index (χ0) is 14.1. The minimum atomic E-state index is -0.928. The van der Waals surface area contributed by atoms with Gasteiger partial charge >= 0.3 is 0 Å². The molecule has 0 aliphatic carbocycles. The van der Waals surface area contributed by atoms with Gasteiger partial charge in [0.15, 0.2) is 0 Å². The van der Waals surface area contributed by atoms with Crippen LogP contribution in [0.1, 0.15) is 39.2 Å². The van der Waals surface area contributed by atoms with E-state index in [0.717, 1.165) is 31.5 Å². The van der Waals surface area contributed by atoms with Gasteiger partial charge in [-0.2, -0.15) is 0 Å². The molecule has 1 amide bonds. The highest BCUT2D eigenvalue weighted by atomic mass is 16.2. The van der Waals surface area contributed by atoms with E-state index < -0.39 is 5.54 Å². The lowest BCUT2D eigenvalue weighted by Gasteiger charge is -2.40. The topological polar surface area (TPSA) is 46.3 Å². The van der Waals surface area contributed by atoms with Crippen LogP contribution >= 0.6 is 0 Å². The number of likely N-dealkylation sites (tertiary alicyclic amines) is 1. The second-order valence-corrected chi connectivity index (χ2v) is 6.52. The molecule has 1 fully saturated rings. The van der Waals surface area contributed by atoms with Gasteiger partial charge in [0.05, 0.1) is 0 Å². The van der Waals surface area contributed by atoms with Crippen LogP contribution in [0.5, 0.6) is 0 Å². The molecular weight excluding hydrogens is 236 g/mol. The molecule has 0 spiro atoms. The van der Waals surface area contributed by atoms with Crippen molar-refractivity contribution in [2.45, 2.75) is 39.2 Å². The Morgan fingerprint density at radius 2 is 1.74 bits per heavy atom. The summed E-state index contributed by atoms with van der Waals surface area (Å²) in [6, 6.07) is 9.63. The van der Waals surface area contributed by atoms with Gasteiger partial charge in [-0.1, -0.05) is 44.2 Å². The molecule has 0 bridgehead atoms. The molecule has 1 atom stereocenters. The van der Waals surface area contributed by atoms with E-state index in [1.165, 1.54) is 0 Å². The summed E-state index contributed by atoms with van der Waals surface area (Å²) in [6.45, 7) is 7.95. The van der Waals surface area contributed by atoms with Crippen molar-refractivity contribution in [1.82, 2.24) is 4.90 Å². The highest BCUT2D eigenvalue weighted by Crippen LogP contribution is 2.31. The largest absolute Gasteiger partial charge is 0.341 e. The minimum Gasteiger partial charge on any atom is -0.341 e. The molecule has 2 rings (SSSR count). The summed E-state index contributed by atoms with van der Waals surface area (Å²) in [5.74, 6) is 0.0363. The highest BCUT2D eigenvalue weighted by molar-refractivity contribution is 5.87. The van der Waals surface area contributed by atoms with Crippen LogP contribution in [0, 0.1) is 5.41 Å². The van der Waals surface area contributed by atoms with Crippen molar-refractivity contribution in [2.75, 3.05) is 13.1 Å². The fourth-order valence-electron chi connectivity index (χ4n) is 2.55. The first kappa shape index (κ1) is 14.1. The number of hydrogen-bond acceptors (Lipinski definition) is 2. The van der Waals surface area contributed by atoms with Crippen molar-refractivity contribution in [3.63, 3.8) is 0 Å². The zero-order valence-corrected chi connectivity index (χ0v) is 12.1. The molecule has 0 saturated carbocycles. The predicted octanol–water partition coefficient (Wildman–Crippen LogP) is 2.51. The lowest BCUT2D eigenvalue weighted by Crippen LogP contribution is -2.53. The molecule has 19 heavy (non-hydrogen) atoms. The fourth-order valence-corrected chi connectivity index (χ4v) is 2.55. The van der Waals surface area contributed by atoms with Crippen LogP contribution in [0.25, 0.3) is 0 Å². The van der Waals surface area contributed by atoms with Crippen LogP contribution in [-0.4, -0.2) is 23.9 Å². The van der Waals surface area contributed by atoms with Gasteiger partial charge < -0.3 is 10.6 Å². The van der Waals surface area contributed by atoms with Gasteiger partial charge in [0.25, 0.3) is 0 Å². The average Bonchev–Trinajstić information content (AvgIpc) is 2.39. The molecule has 1 heterocycles. The van der Waals surface area contributed by atoms with Gasteiger partial charge in [-0.15, -0.1) is 0 Å². The Morgan fingerprint density at radius 1 is 1.21 bits per heavy atom. The summed E-state index contributed by atoms with van der Waals surface area (Å²) < 4.78 is 0. The van der Waals surface area contributed by atoms with Gasteiger partial charge in [-0.05, 0) is 30.7 Å². The van der Waals surface area contributed by atoms with Gasteiger partial charge in [0, 0.05) is 13.1 Å². The van der Waals surface area contributed by atoms with E-state index in [4.69, 9.17) is 5.73 Å². The summed E-state index contributed by atoms with van der Waals surface area (Å²) in [6.07, 6.45) is 2.09. The maximum Gasteiger partial charge on any atom is 0.246 e. The first-order valence-electron chi connectivity index (χ1n) is 6.97. The van der Waals surface area contributed by atoms with E-state index in [9.17, 15) is 4.79 Å². The van der Waals surface area contributed by atoms with E-state index in [0.29, 0.717) is 5.41 Å². The van der Waals surface area contributed by atoms with E-state index in [1.807, 2.05) is 42.2 Å². The number of amides is 1. The number of benzene rings is 1. The molecule has 104 valence electrons. The Hall–Kier alpha value is -1.35. The van der Waals surface area contributed by atoms with E-state index >= 15 is 0 Å². The van der Waals surface area contributed by atoms with Gasteiger partial charge in [0.1, 0.15) is 5.54 Å². The van der Waals surface area contributed by atoms with Crippen molar-refractivity contribution < 1.29 is 4.79 Å². The zero-order valence-electron chi connectivity index (χ0n) is 12.1. The monoisotopic (exact) mass is 260 g/mol. The summed E-state index contributed by atoms with van der Waals surface area (Å²) >= 11 is 0. The Balaban J connectivity index is 2.12. The van der Waals surface area contributed by atoms with Crippen molar-refractivity contribution in [1.29, 1.82) is 0 Å². The Morgan fingerprint density at radius 3 is 2.26 bits per heavy atom. The van der Waals surface area contributed by atoms with Crippen LogP contribution in [0.3, 0.4) is 0 Å². The summed E-state index contributed by atoms with van der Waals surface area (Å²) in [5, 5.41) is 0. The van der Waals surface area contributed by atoms with Crippen molar-refractivity contribution >= 4 is 5.91 Å². The molecule has 1 saturated heterocycles. The Bertz CT molecular complexity index is 441. The third kappa shape index (κ3) is 2.98. The second kappa shape index (κ2) is 4.97. The summed E-state index contributed by atoms with van der Waals surface area (Å²) in [4.78, 5) is 14.5. The number of rotatable bonds is 2. The lowest BCUT2D eigenvalue weighted by molar-refractivity contribution is -0.138. The summed E-state index contributed by atoms with van der Waals surface area (Å²) in [7, 11) is 0. The molecule has 2 N–H and O–H groups in total. The van der Waals surface area contributed by atoms with Crippen molar-refractivity contribution in [3.8, 4) is 0 Å². The number of nitrogens with two attached hydrogens (primary N) is 1. The standard InChI is InChI=1S/C16H24N2O/c1-15(2)9-11-18(12-10-15)14(19)16(3,17)13-7-5-4-6-8-13/h4-8H,9-12,17H2,1-3H3. The Labute approximate surface area is 115 Å². The minimum absolute atomic E-state index is 0.0363. The quantitative estimate of drug-likeness (QED) is 0.888. The van der Waals surface area contributed by atoms with Crippen LogP contribution in [-0.2, 0) is 10.3 Å². The third-order valence-corrected chi connectivity index (χ3v) is 4.22. The average molecular weight is 260 g/mol. The number of carbonyl (C=O) groups is 1. The van der Waals surface area contributed by atoms with Crippen molar-refractivity contribution in [3.05, 3.63) is 35.9 Å². The first-order chi connectivity index (χ1) is 8.83. The number of carbonyl (C=O) groups excluding carboxylic acids is 1. The molecule has 0 aromatic heterocycles. The molecular formula is C16H24N2O. The Kier molecular flexibility index (Phi) is 3.68. The fraction of sp³-hybridized carbons (Fsp3) is 0.562. The van der Waals surface area contributed by atoms with Crippen LogP contribution in [0.15, 0.2) is 30.3 Å². The van der Waals surface area contributed by atoms with E-state index in [1.54, 1.807) is 0 Å². The lowest BCUT2D eigenvalue weighted by atomic mass is 9.81. The smallest absolute Gasteiger partial charge is 0.246 e. The molecule has 3 heteroatoms. The molecule has 1 aromatic carbocycles. The summed E-state index contributed by atoms with van der Waals surface area (Å²) in [5.41, 5.74) is 6.58. The molecule has 1 unspecified atom stereocenters. The SMILES string of the molecule is CC1(C)CCN(C(=O)C(C)(N)c2ccccc2)CC1. The van der Waals surface area contributed by atoms with Crippen LogP contribution < -0.4 is 5.73 Å². The third-order valence-electron chi connectivity index (χ3n) is 4.22. The molecule has 0 radical (unpaired) electrons. The highest BCUT2D eigenvalue weighted by Gasteiger charge is 2.37. The number of nitrogens with zero attached hydrogens (tertiary/aromatic N) is 1. The van der Waals surface area contributed by atoms with Gasteiger partial charge in [-0.3, -0.25) is 4.79 Å². The van der Waals surface area contributed by atoms with Crippen molar-refractivity contribution in [2.24, 2.45) is 11.1 Å². The number of hydrogen-bond donors (Lipinski definition) is 1. The van der Waals surface area contributed by atoms with E-state index in [2.05, 4.69) is 13.8 Å². The molecule has 1 aromatic rings. The van der Waals surface area contributed by atoms with Crippen LogP contribution in [0.2, 0.25) is 0 Å². The predicted molar refractivity (Wildman–Crippen MR) is 77.6 cm³/mol. The molecule has 3 nitrogen and oxygen atoms in total. The van der Waals surface area contributed by atoms with E-state index in [-0.39, 0.29) is 5.91 Å². The second-order valence-electron chi connectivity index (χ2n) is 6.52. The molecule has 1 aliphatic rings. The normalized spacial score (nSPS) is 21.8. The maximum atomic E-state index is 12.6.